The van der Waals surface area contributed by atoms with E-state index in [4.69, 9.17) is 6.13 Å². The average molecular weight is 802 g/mol. The summed E-state index contributed by atoms with van der Waals surface area (Å²) in [5.74, 6) is 1.18. The molecule has 6 aromatic carbocycles. The molecule has 0 bridgehead atoms. The number of para-hydroxylation sites is 2. The molecule has 218 valence electrons. The second kappa shape index (κ2) is 10.9. The fraction of sp³-hybridized carbons (Fsp3) is 0.0526. The topological polar surface area (TPSA) is 52.6 Å². The minimum absolute atomic E-state index is 0.590. The van der Waals surface area contributed by atoms with Gasteiger partial charge in [-0.2, -0.15) is 0 Å². The molecule has 4 atom stereocenters. The maximum atomic E-state index is 16.2. The molecular weight excluding hydrogens is 774 g/mol. The summed E-state index contributed by atoms with van der Waals surface area (Å²) in [4.78, 5) is 0. The molecule has 6 aromatic rings. The molecule has 4 unspecified atom stereocenters. The summed E-state index contributed by atoms with van der Waals surface area (Å²) in [6.45, 7) is 0. The summed E-state index contributed by atoms with van der Waals surface area (Å²) in [5, 5.41) is 0. The van der Waals surface area contributed by atoms with E-state index in [1.807, 2.05) is 158 Å². The Balaban J connectivity index is 1.45. The molecule has 8 rings (SSSR count). The van der Waals surface area contributed by atoms with Crippen LogP contribution in [0.15, 0.2) is 158 Å². The number of alkyl halides is 2. The van der Waals surface area contributed by atoms with Gasteiger partial charge in [-0.05, 0) is 0 Å². The van der Waals surface area contributed by atoms with Gasteiger partial charge in [-0.25, -0.2) is 0 Å². The molecule has 6 heteroatoms. The quantitative estimate of drug-likeness (QED) is 0.129. The number of rotatable bonds is 5. The molecule has 0 saturated carbocycles. The van der Waals surface area contributed by atoms with Crippen molar-refractivity contribution < 1.29 is 12.3 Å². The van der Waals surface area contributed by atoms with Crippen LogP contribution in [0.1, 0.15) is 19.0 Å². The van der Waals surface area contributed by atoms with Crippen molar-refractivity contribution in [2.45, 2.75) is 7.85 Å². The summed E-state index contributed by atoms with van der Waals surface area (Å²) in [5.41, 5.74) is 5.26. The van der Waals surface area contributed by atoms with Gasteiger partial charge >= 0.3 is 268 Å². The SMILES string of the molecule is O=I1(C(c2ccccc2)C(c2ccccc2)I2(=O)Oc3ccccc3-c3ccccc32)Oc2ccccc2-c2ccccc21. The van der Waals surface area contributed by atoms with Gasteiger partial charge in [-0.3, -0.25) is 0 Å². The zero-order valence-electron chi connectivity index (χ0n) is 23.6. The van der Waals surface area contributed by atoms with Crippen molar-refractivity contribution in [2.24, 2.45) is 0 Å². The first kappa shape index (κ1) is 27.5. The average Bonchev–Trinajstić information content (AvgIpc) is 3.08. The number of benzene rings is 6. The molecule has 0 radical (unpaired) electrons. The standard InChI is InChI=1S/C38H28I2O4/c41-39(33-23-11-7-19-29(33)31-21-9-13-25-35(31)43-39)37(27-15-3-1-4-16-27)38(28-17-5-2-6-18-28)40(42)34-24-12-8-20-30(34)32-22-10-14-26-36(32)44-40/h1-26,37-38H. The van der Waals surface area contributed by atoms with Crippen molar-refractivity contribution in [1.29, 1.82) is 0 Å². The van der Waals surface area contributed by atoms with Gasteiger partial charge < -0.3 is 0 Å². The van der Waals surface area contributed by atoms with E-state index in [0.29, 0.717) is 18.6 Å². The van der Waals surface area contributed by atoms with Crippen molar-refractivity contribution in [3.05, 3.63) is 176 Å². The van der Waals surface area contributed by atoms with Crippen LogP contribution in [0.5, 0.6) is 11.5 Å². The van der Waals surface area contributed by atoms with E-state index in [1.165, 1.54) is 0 Å². The van der Waals surface area contributed by atoms with Crippen LogP contribution in [-0.2, 0) is 6.14 Å². The Labute approximate surface area is 265 Å². The first-order valence-corrected chi connectivity index (χ1v) is 22.6. The molecule has 2 heterocycles. The van der Waals surface area contributed by atoms with E-state index in [-0.39, 0.29) is 0 Å². The summed E-state index contributed by atoms with van der Waals surface area (Å²) in [7, 11) is 0. The summed E-state index contributed by atoms with van der Waals surface area (Å²) in [6, 6.07) is 50.9. The Morgan fingerprint density at radius 3 is 1.09 bits per heavy atom. The summed E-state index contributed by atoms with van der Waals surface area (Å²) in [6.07, 6.45) is 0. The molecule has 0 aromatic heterocycles. The van der Waals surface area contributed by atoms with Crippen molar-refractivity contribution in [2.75, 3.05) is 0 Å². The van der Waals surface area contributed by atoms with Gasteiger partial charge in [-0.1, -0.05) is 0 Å². The molecule has 0 amide bonds. The molecule has 0 N–H and O–H groups in total. The van der Waals surface area contributed by atoms with Crippen LogP contribution in [0.2, 0.25) is 0 Å². The Hall–Kier alpha value is -4.02. The van der Waals surface area contributed by atoms with Crippen LogP contribution in [-0.4, -0.2) is 0 Å². The normalized spacial score (nSPS) is 23.7. The fourth-order valence-corrected chi connectivity index (χ4v) is 24.9. The monoisotopic (exact) mass is 802 g/mol. The first-order chi connectivity index (χ1) is 21.6. The first-order valence-electron chi connectivity index (χ1n) is 14.4. The van der Waals surface area contributed by atoms with E-state index in [2.05, 4.69) is 0 Å². The summed E-state index contributed by atoms with van der Waals surface area (Å²) >= 11 is -9.76. The van der Waals surface area contributed by atoms with Crippen LogP contribution in [0, 0.1) is 7.14 Å². The predicted octanol–water partition coefficient (Wildman–Crippen LogP) is 10.9. The fourth-order valence-electron chi connectivity index (χ4n) is 6.25. The van der Waals surface area contributed by atoms with Gasteiger partial charge in [0.05, 0.1) is 0 Å². The van der Waals surface area contributed by atoms with Crippen molar-refractivity contribution in [3.8, 4) is 33.8 Å². The molecule has 44 heavy (non-hydrogen) atoms. The van der Waals surface area contributed by atoms with Gasteiger partial charge in [0.25, 0.3) is 0 Å². The second-order valence-corrected chi connectivity index (χ2v) is 22.4. The van der Waals surface area contributed by atoms with Gasteiger partial charge in [0.2, 0.25) is 0 Å². The van der Waals surface area contributed by atoms with Crippen molar-refractivity contribution >= 4 is 37.7 Å². The number of hydrogen-bond acceptors (Lipinski definition) is 4. The molecule has 0 spiro atoms. The van der Waals surface area contributed by atoms with Crippen molar-refractivity contribution in [3.63, 3.8) is 0 Å². The molecule has 0 aliphatic carbocycles. The molecule has 0 fully saturated rings. The summed E-state index contributed by atoms with van der Waals surface area (Å²) < 4.78 is 45.9. The number of fused-ring (bicyclic) bond motifs is 6. The minimum atomic E-state index is -4.88. The van der Waals surface area contributed by atoms with E-state index in [9.17, 15) is 0 Å². The van der Waals surface area contributed by atoms with Crippen molar-refractivity contribution in [1.82, 2.24) is 0 Å². The Bertz CT molecular complexity index is 1960. The van der Waals surface area contributed by atoms with E-state index in [0.717, 1.165) is 33.4 Å². The number of halogens is 2. The van der Waals surface area contributed by atoms with Gasteiger partial charge in [0.1, 0.15) is 0 Å². The van der Waals surface area contributed by atoms with Crippen LogP contribution in [0.3, 0.4) is 0 Å². The predicted molar refractivity (Wildman–Crippen MR) is 190 cm³/mol. The molecule has 2 aliphatic rings. The van der Waals surface area contributed by atoms with Gasteiger partial charge in [0, 0.05) is 0 Å². The molecule has 4 nitrogen and oxygen atoms in total. The third-order valence-electron chi connectivity index (χ3n) is 8.18. The zero-order valence-corrected chi connectivity index (χ0v) is 27.9. The maximum absolute atomic E-state index is 16.2. The van der Waals surface area contributed by atoms with E-state index >= 15 is 6.14 Å². The van der Waals surface area contributed by atoms with Crippen LogP contribution in [0.4, 0.5) is 0 Å². The molecular formula is C38H28I2O4. The van der Waals surface area contributed by atoms with Crippen LogP contribution in [0.25, 0.3) is 22.3 Å². The Morgan fingerprint density at radius 2 is 0.682 bits per heavy atom. The third-order valence-corrected chi connectivity index (χ3v) is 23.3. The van der Waals surface area contributed by atoms with E-state index < -0.39 is 45.5 Å². The second-order valence-electron chi connectivity index (χ2n) is 10.7. The van der Waals surface area contributed by atoms with Crippen LogP contribution >= 0.6 is 37.7 Å². The molecule has 0 saturated heterocycles. The van der Waals surface area contributed by atoms with E-state index in [1.54, 1.807) is 0 Å². The van der Waals surface area contributed by atoms with Crippen LogP contribution < -0.4 is 6.13 Å². The van der Waals surface area contributed by atoms with Gasteiger partial charge in [0.15, 0.2) is 0 Å². The zero-order chi connectivity index (χ0) is 29.7. The number of hydrogen-bond donors (Lipinski definition) is 0. The Kier molecular flexibility index (Phi) is 6.79. The molecule has 2 aliphatic heterocycles. The van der Waals surface area contributed by atoms with Gasteiger partial charge in [-0.15, -0.1) is 0 Å². The third kappa shape index (κ3) is 4.29. The Morgan fingerprint density at radius 1 is 0.364 bits per heavy atom.